The summed E-state index contributed by atoms with van der Waals surface area (Å²) in [5.41, 5.74) is 0.587. The van der Waals surface area contributed by atoms with Gasteiger partial charge in [0.25, 0.3) is 5.88 Å². The van der Waals surface area contributed by atoms with Crippen LogP contribution < -0.4 is 4.74 Å². The molecule has 126 valence electrons. The number of pyridine rings is 1. The van der Waals surface area contributed by atoms with Gasteiger partial charge in [0.1, 0.15) is 0 Å². The fourth-order valence-corrected chi connectivity index (χ4v) is 2.33. The molecule has 0 bridgehead atoms. The minimum atomic E-state index is -3.74. The second-order valence-electron chi connectivity index (χ2n) is 4.67. The fraction of sp³-hybridized carbons (Fsp3) is 0.231. The van der Waals surface area contributed by atoms with Crippen LogP contribution in [0, 0.1) is 12.7 Å². The molecule has 3 heterocycles. The van der Waals surface area contributed by atoms with Crippen LogP contribution in [0.2, 0.25) is 0 Å². The van der Waals surface area contributed by atoms with Gasteiger partial charge in [-0.25, -0.2) is 13.8 Å². The lowest BCUT2D eigenvalue weighted by Gasteiger charge is -2.11. The van der Waals surface area contributed by atoms with Gasteiger partial charge in [-0.2, -0.15) is 8.78 Å². The number of aryl methyl sites for hydroxylation is 1. The van der Waals surface area contributed by atoms with E-state index >= 15 is 0 Å². The van der Waals surface area contributed by atoms with Gasteiger partial charge < -0.3 is 4.74 Å². The van der Waals surface area contributed by atoms with Crippen LogP contribution in [0.25, 0.3) is 16.9 Å². The Labute approximate surface area is 137 Å². The van der Waals surface area contributed by atoms with Crippen molar-refractivity contribution in [3.05, 3.63) is 35.8 Å². The quantitative estimate of drug-likeness (QED) is 0.527. The average Bonchev–Trinajstić information content (AvgIpc) is 2.95. The highest BCUT2D eigenvalue weighted by Crippen LogP contribution is 2.33. The summed E-state index contributed by atoms with van der Waals surface area (Å²) in [6.45, 7) is 0.232. The largest absolute Gasteiger partial charge is 0.444 e. The van der Waals surface area contributed by atoms with E-state index in [0.29, 0.717) is 0 Å². The minimum Gasteiger partial charge on any atom is -0.444 e. The molecule has 0 N–H and O–H groups in total. The number of ether oxygens (including phenoxy) is 1. The monoisotopic (exact) mass is 361 g/mol. The predicted molar refractivity (Wildman–Crippen MR) is 75.1 cm³/mol. The maximum atomic E-state index is 13.8. The Morgan fingerprint density at radius 1 is 1.25 bits per heavy atom. The highest BCUT2D eigenvalue weighted by atomic mass is 35.5. The number of rotatable bonds is 4. The molecule has 6 nitrogen and oxygen atoms in total. The minimum absolute atomic E-state index is 0.0531. The first-order valence-electron chi connectivity index (χ1n) is 6.45. The summed E-state index contributed by atoms with van der Waals surface area (Å²) < 4.78 is 58.2. The van der Waals surface area contributed by atoms with E-state index in [0.717, 1.165) is 10.5 Å². The topological polar surface area (TPSA) is 65.2 Å². The number of fused-ring (bicyclic) bond motifs is 1. The van der Waals surface area contributed by atoms with Crippen molar-refractivity contribution in [1.29, 1.82) is 0 Å². The molecule has 24 heavy (non-hydrogen) atoms. The van der Waals surface area contributed by atoms with Gasteiger partial charge in [0.15, 0.2) is 11.5 Å². The Balaban J connectivity index is 2.17. The predicted octanol–water partition coefficient (Wildman–Crippen LogP) is 3.23. The first-order valence-corrected chi connectivity index (χ1v) is 6.83. The van der Waals surface area contributed by atoms with Crippen molar-refractivity contribution in [2.75, 3.05) is 6.86 Å². The lowest BCUT2D eigenvalue weighted by molar-refractivity contribution is 0.0831. The Kier molecular flexibility index (Phi) is 3.99. The van der Waals surface area contributed by atoms with Crippen LogP contribution in [-0.2, 0) is 5.38 Å². The van der Waals surface area contributed by atoms with E-state index < -0.39 is 29.8 Å². The van der Waals surface area contributed by atoms with Gasteiger partial charge in [0, 0.05) is 17.5 Å². The third-order valence-electron chi connectivity index (χ3n) is 3.20. The Bertz CT molecular complexity index is 911. The van der Waals surface area contributed by atoms with Crippen LogP contribution in [-0.4, -0.2) is 31.4 Å². The maximum Gasteiger partial charge on any atom is 0.382 e. The summed E-state index contributed by atoms with van der Waals surface area (Å²) in [5.74, 6) is -2.22. The zero-order chi connectivity index (χ0) is 17.5. The molecule has 0 spiro atoms. The average molecular weight is 362 g/mol. The van der Waals surface area contributed by atoms with Crippen LogP contribution in [0.5, 0.6) is 5.88 Å². The first-order chi connectivity index (χ1) is 11.3. The third kappa shape index (κ3) is 2.73. The van der Waals surface area contributed by atoms with E-state index in [1.165, 1.54) is 19.3 Å². The number of alkyl halides is 4. The summed E-state index contributed by atoms with van der Waals surface area (Å²) in [5, 5.41) is 3.18. The highest BCUT2D eigenvalue weighted by molar-refractivity contribution is 6.21. The van der Waals surface area contributed by atoms with E-state index in [1.807, 2.05) is 0 Å². The molecule has 0 radical (unpaired) electrons. The van der Waals surface area contributed by atoms with Crippen molar-refractivity contribution in [2.45, 2.75) is 12.3 Å². The number of aromatic nitrogens is 5. The van der Waals surface area contributed by atoms with Crippen molar-refractivity contribution < 1.29 is 22.3 Å². The van der Waals surface area contributed by atoms with Gasteiger partial charge in [-0.05, 0) is 24.6 Å². The molecule has 3 aromatic rings. The zero-order valence-electron chi connectivity index (χ0n) is 12.0. The standard InChI is InChI=1S/C13H8ClF4N5O/c1-6-10(7-2-8(16)11(20-3-7)24-5-15)19-4-9-21-22-12(23(6)9)13(14,17)18/h2-4H,5H2,1H3. The van der Waals surface area contributed by atoms with Crippen LogP contribution >= 0.6 is 11.6 Å². The van der Waals surface area contributed by atoms with E-state index in [2.05, 4.69) is 24.9 Å². The first kappa shape index (κ1) is 16.4. The number of hydrogen-bond acceptors (Lipinski definition) is 5. The van der Waals surface area contributed by atoms with E-state index in [1.54, 1.807) is 0 Å². The summed E-state index contributed by atoms with van der Waals surface area (Å²) in [7, 11) is 0. The molecule has 0 amide bonds. The lowest BCUT2D eigenvalue weighted by Crippen LogP contribution is -2.12. The van der Waals surface area contributed by atoms with Crippen LogP contribution in [0.4, 0.5) is 17.6 Å². The third-order valence-corrected chi connectivity index (χ3v) is 3.37. The molecule has 0 aromatic carbocycles. The van der Waals surface area contributed by atoms with Crippen molar-refractivity contribution in [3.63, 3.8) is 0 Å². The molecule has 0 aliphatic rings. The second-order valence-corrected chi connectivity index (χ2v) is 5.15. The van der Waals surface area contributed by atoms with Crippen LogP contribution in [0.15, 0.2) is 18.5 Å². The highest BCUT2D eigenvalue weighted by Gasteiger charge is 2.35. The summed E-state index contributed by atoms with van der Waals surface area (Å²) in [6, 6.07) is 1.00. The van der Waals surface area contributed by atoms with Crippen molar-refractivity contribution in [1.82, 2.24) is 24.6 Å². The maximum absolute atomic E-state index is 13.8. The normalized spacial score (nSPS) is 11.9. The molecule has 3 rings (SSSR count). The summed E-state index contributed by atoms with van der Waals surface area (Å²) >= 11 is 5.03. The molecule has 0 saturated heterocycles. The number of halogens is 5. The van der Waals surface area contributed by atoms with Gasteiger partial charge in [-0.3, -0.25) is 9.38 Å². The second kappa shape index (κ2) is 5.86. The number of hydrogen-bond donors (Lipinski definition) is 0. The van der Waals surface area contributed by atoms with Crippen LogP contribution in [0.1, 0.15) is 11.5 Å². The Morgan fingerprint density at radius 2 is 2.00 bits per heavy atom. The molecule has 0 aliphatic heterocycles. The van der Waals surface area contributed by atoms with E-state index in [-0.39, 0.29) is 22.6 Å². The molecule has 0 fully saturated rings. The van der Waals surface area contributed by atoms with Gasteiger partial charge >= 0.3 is 5.38 Å². The van der Waals surface area contributed by atoms with Crippen molar-refractivity contribution in [2.24, 2.45) is 0 Å². The molecule has 0 atom stereocenters. The SMILES string of the molecule is Cc1c(-c2cnc(OCF)c(F)c2)ncc2nnc(C(F)(F)Cl)n12. The van der Waals surface area contributed by atoms with E-state index in [4.69, 9.17) is 11.6 Å². The van der Waals surface area contributed by atoms with Crippen molar-refractivity contribution in [3.8, 4) is 17.1 Å². The molecular formula is C13H8ClF4N5O. The summed E-state index contributed by atoms with van der Waals surface area (Å²) in [6.07, 6.45) is 2.36. The van der Waals surface area contributed by atoms with Gasteiger partial charge in [-0.15, -0.1) is 10.2 Å². The molecule has 11 heteroatoms. The summed E-state index contributed by atoms with van der Waals surface area (Å²) in [4.78, 5) is 7.69. The Morgan fingerprint density at radius 3 is 2.62 bits per heavy atom. The molecule has 0 saturated carbocycles. The van der Waals surface area contributed by atoms with Gasteiger partial charge in [0.2, 0.25) is 12.7 Å². The lowest BCUT2D eigenvalue weighted by atomic mass is 10.1. The molecular weight excluding hydrogens is 354 g/mol. The fourth-order valence-electron chi connectivity index (χ4n) is 2.21. The molecule has 0 aliphatic carbocycles. The molecule has 3 aromatic heterocycles. The zero-order valence-corrected chi connectivity index (χ0v) is 12.7. The Hall–Kier alpha value is -2.49. The smallest absolute Gasteiger partial charge is 0.382 e. The van der Waals surface area contributed by atoms with Gasteiger partial charge in [-0.1, -0.05) is 0 Å². The van der Waals surface area contributed by atoms with Gasteiger partial charge in [0.05, 0.1) is 11.9 Å². The molecule has 0 unspecified atom stereocenters. The van der Waals surface area contributed by atoms with Crippen molar-refractivity contribution >= 4 is 17.2 Å². The van der Waals surface area contributed by atoms with E-state index in [9.17, 15) is 17.6 Å². The van der Waals surface area contributed by atoms with Crippen LogP contribution in [0.3, 0.4) is 0 Å². The number of nitrogens with zero attached hydrogens (tertiary/aromatic N) is 5.